The van der Waals surface area contributed by atoms with Crippen molar-refractivity contribution in [2.75, 3.05) is 0 Å². The van der Waals surface area contributed by atoms with Crippen LogP contribution in [0.5, 0.6) is 0 Å². The monoisotopic (exact) mass is 406 g/mol. The molecule has 1 aliphatic rings. The molecule has 1 fully saturated rings. The maximum atomic E-state index is 10.9. The van der Waals surface area contributed by atoms with Gasteiger partial charge >= 0.3 is 5.97 Å². The Bertz CT molecular complexity index is 990. The zero-order chi connectivity index (χ0) is 21.1. The standard InChI is InChI=1S/C23H26N4O3/c1-14(2)9-15-3-5-16(6-4-15)22-26-21(27-30-22)17-7-8-19(24-12-17)13-25-20-10-18(11-20)23(28)29/h3-8,12,14,18,20,25H,9-11,13H2,1-2H3,(H,28,29)/t18-,20+. The van der Waals surface area contributed by atoms with Crippen molar-refractivity contribution < 1.29 is 14.4 Å². The zero-order valence-electron chi connectivity index (χ0n) is 17.2. The molecule has 0 aliphatic heterocycles. The van der Waals surface area contributed by atoms with Gasteiger partial charge < -0.3 is 14.9 Å². The maximum Gasteiger partial charge on any atom is 0.306 e. The average molecular weight is 406 g/mol. The van der Waals surface area contributed by atoms with Gasteiger partial charge in [-0.05, 0) is 55.0 Å². The Hall–Kier alpha value is -3.06. The van der Waals surface area contributed by atoms with E-state index in [0.717, 1.165) is 23.2 Å². The van der Waals surface area contributed by atoms with E-state index in [-0.39, 0.29) is 12.0 Å². The number of hydrogen-bond donors (Lipinski definition) is 2. The Labute approximate surface area is 175 Å². The number of rotatable bonds is 8. The van der Waals surface area contributed by atoms with E-state index in [4.69, 9.17) is 9.63 Å². The lowest BCUT2D eigenvalue weighted by atomic mass is 9.80. The summed E-state index contributed by atoms with van der Waals surface area (Å²) in [5, 5.41) is 16.4. The number of pyridine rings is 1. The Morgan fingerprint density at radius 3 is 2.53 bits per heavy atom. The second kappa shape index (κ2) is 8.75. The molecule has 156 valence electrons. The van der Waals surface area contributed by atoms with Crippen molar-refractivity contribution >= 4 is 5.97 Å². The smallest absolute Gasteiger partial charge is 0.306 e. The first-order chi connectivity index (χ1) is 14.5. The minimum atomic E-state index is -0.707. The van der Waals surface area contributed by atoms with Gasteiger partial charge in [-0.25, -0.2) is 0 Å². The number of benzene rings is 1. The summed E-state index contributed by atoms with van der Waals surface area (Å²) < 4.78 is 5.44. The van der Waals surface area contributed by atoms with Gasteiger partial charge in [0.25, 0.3) is 5.89 Å². The van der Waals surface area contributed by atoms with E-state index in [9.17, 15) is 4.79 Å². The number of aliphatic carboxylic acids is 1. The normalized spacial score (nSPS) is 18.4. The fourth-order valence-electron chi connectivity index (χ4n) is 3.61. The van der Waals surface area contributed by atoms with Gasteiger partial charge in [0, 0.05) is 29.9 Å². The van der Waals surface area contributed by atoms with E-state index >= 15 is 0 Å². The first-order valence-corrected chi connectivity index (χ1v) is 10.3. The lowest BCUT2D eigenvalue weighted by Gasteiger charge is -2.32. The molecule has 1 saturated carbocycles. The van der Waals surface area contributed by atoms with Crippen LogP contribution in [0.2, 0.25) is 0 Å². The van der Waals surface area contributed by atoms with E-state index in [2.05, 4.69) is 46.4 Å². The highest BCUT2D eigenvalue weighted by molar-refractivity contribution is 5.71. The molecule has 30 heavy (non-hydrogen) atoms. The SMILES string of the molecule is CC(C)Cc1ccc(-c2nc(-c3ccc(CN[C@H]4C[C@@H](C(=O)O)C4)nc3)no2)cc1. The molecule has 0 saturated heterocycles. The lowest BCUT2D eigenvalue weighted by molar-refractivity contribution is -0.145. The van der Waals surface area contributed by atoms with Crippen LogP contribution in [0.4, 0.5) is 0 Å². The van der Waals surface area contributed by atoms with Crippen LogP contribution < -0.4 is 5.32 Å². The molecule has 0 bridgehead atoms. The fraction of sp³-hybridized carbons (Fsp3) is 0.391. The second-order valence-corrected chi connectivity index (χ2v) is 8.34. The van der Waals surface area contributed by atoms with Crippen molar-refractivity contribution in [2.45, 2.75) is 45.7 Å². The van der Waals surface area contributed by atoms with Crippen LogP contribution in [0.15, 0.2) is 47.1 Å². The molecule has 0 unspecified atom stereocenters. The Kier molecular flexibility index (Phi) is 5.90. The van der Waals surface area contributed by atoms with Gasteiger partial charge in [-0.15, -0.1) is 0 Å². The number of nitrogens with one attached hydrogen (secondary N) is 1. The largest absolute Gasteiger partial charge is 0.481 e. The summed E-state index contributed by atoms with van der Waals surface area (Å²) >= 11 is 0. The molecule has 2 N–H and O–H groups in total. The molecule has 0 spiro atoms. The van der Waals surface area contributed by atoms with Crippen molar-refractivity contribution in [3.63, 3.8) is 0 Å². The zero-order valence-corrected chi connectivity index (χ0v) is 17.2. The Morgan fingerprint density at radius 1 is 1.17 bits per heavy atom. The molecule has 3 aromatic rings. The highest BCUT2D eigenvalue weighted by Gasteiger charge is 2.33. The average Bonchev–Trinajstić information content (AvgIpc) is 3.17. The van der Waals surface area contributed by atoms with Crippen molar-refractivity contribution in [1.82, 2.24) is 20.4 Å². The molecule has 0 radical (unpaired) electrons. The van der Waals surface area contributed by atoms with Crippen LogP contribution in [-0.2, 0) is 17.8 Å². The molecule has 4 rings (SSSR count). The number of aromatic nitrogens is 3. The van der Waals surface area contributed by atoms with E-state index in [1.54, 1.807) is 6.20 Å². The highest BCUT2D eigenvalue weighted by Crippen LogP contribution is 2.28. The number of nitrogens with zero attached hydrogens (tertiary/aromatic N) is 3. The summed E-state index contributed by atoms with van der Waals surface area (Å²) in [5.41, 5.74) is 3.87. The highest BCUT2D eigenvalue weighted by atomic mass is 16.5. The van der Waals surface area contributed by atoms with Gasteiger partial charge in [-0.2, -0.15) is 4.98 Å². The molecule has 1 aromatic carbocycles. The van der Waals surface area contributed by atoms with E-state index < -0.39 is 5.97 Å². The van der Waals surface area contributed by atoms with E-state index in [0.29, 0.717) is 37.0 Å². The summed E-state index contributed by atoms with van der Waals surface area (Å²) in [7, 11) is 0. The van der Waals surface area contributed by atoms with Crippen molar-refractivity contribution in [1.29, 1.82) is 0 Å². The van der Waals surface area contributed by atoms with Crippen molar-refractivity contribution in [3.05, 3.63) is 53.9 Å². The molecule has 2 aromatic heterocycles. The second-order valence-electron chi connectivity index (χ2n) is 8.34. The molecule has 0 atom stereocenters. The molecule has 0 amide bonds. The van der Waals surface area contributed by atoms with Gasteiger partial charge in [0.2, 0.25) is 5.82 Å². The van der Waals surface area contributed by atoms with Gasteiger partial charge in [-0.1, -0.05) is 31.1 Å². The van der Waals surface area contributed by atoms with Gasteiger partial charge in [-0.3, -0.25) is 9.78 Å². The van der Waals surface area contributed by atoms with Gasteiger partial charge in [0.1, 0.15) is 0 Å². The summed E-state index contributed by atoms with van der Waals surface area (Å²) in [5.74, 6) is 0.696. The molecule has 2 heterocycles. The van der Waals surface area contributed by atoms with E-state index in [1.165, 1.54) is 5.56 Å². The minimum absolute atomic E-state index is 0.211. The van der Waals surface area contributed by atoms with Crippen LogP contribution in [0.1, 0.15) is 37.9 Å². The summed E-state index contributed by atoms with van der Waals surface area (Å²) in [4.78, 5) is 19.8. The number of carboxylic acids is 1. The quantitative estimate of drug-likeness (QED) is 0.584. The summed E-state index contributed by atoms with van der Waals surface area (Å²) in [6, 6.07) is 12.3. The first kappa shape index (κ1) is 20.2. The molecule has 7 nitrogen and oxygen atoms in total. The minimum Gasteiger partial charge on any atom is -0.481 e. The molecule has 1 aliphatic carbocycles. The summed E-state index contributed by atoms with van der Waals surface area (Å²) in [6.45, 7) is 5.02. The predicted octanol–water partition coefficient (Wildman–Crippen LogP) is 3.95. The third kappa shape index (κ3) is 4.74. The Balaban J connectivity index is 1.35. The van der Waals surface area contributed by atoms with Crippen molar-refractivity contribution in [3.8, 4) is 22.8 Å². The van der Waals surface area contributed by atoms with Crippen LogP contribution >= 0.6 is 0 Å². The van der Waals surface area contributed by atoms with Gasteiger partial charge in [0.15, 0.2) is 0 Å². The third-order valence-corrected chi connectivity index (χ3v) is 5.41. The number of hydrogen-bond acceptors (Lipinski definition) is 6. The topological polar surface area (TPSA) is 101 Å². The molecular weight excluding hydrogens is 380 g/mol. The number of carboxylic acid groups (broad SMARTS) is 1. The fourth-order valence-corrected chi connectivity index (χ4v) is 3.61. The summed E-state index contributed by atoms with van der Waals surface area (Å²) in [6.07, 6.45) is 4.14. The van der Waals surface area contributed by atoms with Crippen LogP contribution in [0.25, 0.3) is 22.8 Å². The third-order valence-electron chi connectivity index (χ3n) is 5.41. The maximum absolute atomic E-state index is 10.9. The predicted molar refractivity (Wildman–Crippen MR) is 112 cm³/mol. The lowest BCUT2D eigenvalue weighted by Crippen LogP contribution is -2.43. The Morgan fingerprint density at radius 2 is 1.90 bits per heavy atom. The van der Waals surface area contributed by atoms with Crippen LogP contribution in [0.3, 0.4) is 0 Å². The van der Waals surface area contributed by atoms with Crippen LogP contribution in [0, 0.1) is 11.8 Å². The molecular formula is C23H26N4O3. The molecule has 7 heteroatoms. The van der Waals surface area contributed by atoms with E-state index in [1.807, 2.05) is 24.3 Å². The van der Waals surface area contributed by atoms with Crippen LogP contribution in [-0.4, -0.2) is 32.2 Å². The van der Waals surface area contributed by atoms with Gasteiger partial charge in [0.05, 0.1) is 11.6 Å². The first-order valence-electron chi connectivity index (χ1n) is 10.3. The number of carbonyl (C=O) groups is 1. The van der Waals surface area contributed by atoms with Crippen molar-refractivity contribution in [2.24, 2.45) is 11.8 Å².